The van der Waals surface area contributed by atoms with Gasteiger partial charge in [-0.25, -0.2) is 17.2 Å². The van der Waals surface area contributed by atoms with Gasteiger partial charge in [0, 0.05) is 18.5 Å². The number of benzene rings is 4. The van der Waals surface area contributed by atoms with Gasteiger partial charge < -0.3 is 15.0 Å². The maximum Gasteiger partial charge on any atom is 0.264 e. The SMILES string of the molecule is CCOc1ccc(S(=O)(=O)N(CC(=O)N(Cc2ccc(F)cc2)[C@H](Cc2ccccc2)C(=O)NC(C)(C)C)c2ccc(F)cc2)cc1. The van der Waals surface area contributed by atoms with E-state index in [0.717, 1.165) is 22.0 Å². The van der Waals surface area contributed by atoms with Gasteiger partial charge in [0.05, 0.1) is 17.2 Å². The Morgan fingerprint density at radius 2 is 1.38 bits per heavy atom. The fourth-order valence-electron chi connectivity index (χ4n) is 4.93. The number of anilines is 1. The van der Waals surface area contributed by atoms with Crippen molar-refractivity contribution in [2.75, 3.05) is 17.5 Å². The van der Waals surface area contributed by atoms with Gasteiger partial charge in [-0.2, -0.15) is 0 Å². The van der Waals surface area contributed by atoms with Gasteiger partial charge in [-0.1, -0.05) is 42.5 Å². The van der Waals surface area contributed by atoms with Crippen LogP contribution in [-0.2, 0) is 32.6 Å². The van der Waals surface area contributed by atoms with E-state index in [2.05, 4.69) is 5.32 Å². The van der Waals surface area contributed by atoms with E-state index >= 15 is 0 Å². The molecule has 4 rings (SSSR count). The lowest BCUT2D eigenvalue weighted by Gasteiger charge is -2.35. The van der Waals surface area contributed by atoms with E-state index in [4.69, 9.17) is 4.74 Å². The number of sulfonamides is 1. The zero-order valence-electron chi connectivity index (χ0n) is 26.8. The zero-order chi connectivity index (χ0) is 34.2. The number of carbonyl (C=O) groups excluding carboxylic acids is 2. The number of nitrogens with one attached hydrogen (secondary N) is 1. The maximum absolute atomic E-state index is 14.5. The Morgan fingerprint density at radius 1 is 0.809 bits per heavy atom. The summed E-state index contributed by atoms with van der Waals surface area (Å²) in [6.45, 7) is 6.81. The van der Waals surface area contributed by atoms with E-state index in [1.807, 2.05) is 51.1 Å². The number of ether oxygens (including phenoxy) is 1. The summed E-state index contributed by atoms with van der Waals surface area (Å²) in [5, 5.41) is 2.95. The third-order valence-corrected chi connectivity index (χ3v) is 8.94. The molecular weight excluding hydrogens is 624 g/mol. The van der Waals surface area contributed by atoms with Crippen LogP contribution in [0.1, 0.15) is 38.8 Å². The van der Waals surface area contributed by atoms with Crippen LogP contribution in [0.2, 0.25) is 0 Å². The lowest BCUT2D eigenvalue weighted by Crippen LogP contribution is -2.56. The van der Waals surface area contributed by atoms with Gasteiger partial charge >= 0.3 is 0 Å². The molecule has 2 amide bonds. The summed E-state index contributed by atoms with van der Waals surface area (Å²) in [5.74, 6) is -1.73. The first-order chi connectivity index (χ1) is 22.3. The first kappa shape index (κ1) is 35.1. The molecule has 0 saturated heterocycles. The molecule has 4 aromatic rings. The second kappa shape index (κ2) is 15.2. The second-order valence-electron chi connectivity index (χ2n) is 12.0. The number of amides is 2. The average molecular weight is 664 g/mol. The Labute approximate surface area is 275 Å². The standard InChI is InChI=1S/C36H39F2N3O5S/c1-5-46-31-19-21-32(22-20-31)47(44,45)41(30-17-15-29(38)16-18-30)25-34(42)40(24-27-11-13-28(37)14-12-27)33(35(43)39-36(2,3)4)23-26-9-7-6-8-10-26/h6-22,33H,5,23-25H2,1-4H3,(H,39,43)/t33-/m1/s1. The zero-order valence-corrected chi connectivity index (χ0v) is 27.6. The second-order valence-corrected chi connectivity index (χ2v) is 13.8. The molecule has 0 radical (unpaired) electrons. The molecule has 8 nitrogen and oxygen atoms in total. The predicted molar refractivity (Wildman–Crippen MR) is 177 cm³/mol. The summed E-state index contributed by atoms with van der Waals surface area (Å²) in [7, 11) is -4.38. The van der Waals surface area contributed by atoms with Crippen molar-refractivity contribution in [2.45, 2.75) is 57.1 Å². The Morgan fingerprint density at radius 3 is 1.94 bits per heavy atom. The summed E-state index contributed by atoms with van der Waals surface area (Å²) < 4.78 is 62.4. The molecule has 0 saturated carbocycles. The summed E-state index contributed by atoms with van der Waals surface area (Å²) in [4.78, 5) is 29.6. The Hall–Kier alpha value is -4.77. The number of nitrogens with zero attached hydrogens (tertiary/aromatic N) is 2. The summed E-state index contributed by atoms with van der Waals surface area (Å²) in [6, 6.07) is 24.1. The van der Waals surface area contributed by atoms with Gasteiger partial charge in [0.2, 0.25) is 11.8 Å². The first-order valence-electron chi connectivity index (χ1n) is 15.2. The van der Waals surface area contributed by atoms with E-state index in [0.29, 0.717) is 17.9 Å². The Kier molecular flexibility index (Phi) is 11.4. The first-order valence-corrected chi connectivity index (χ1v) is 16.6. The fraction of sp³-hybridized carbons (Fsp3) is 0.278. The molecule has 11 heteroatoms. The van der Waals surface area contributed by atoms with Gasteiger partial charge in [-0.3, -0.25) is 13.9 Å². The molecule has 0 aliphatic rings. The van der Waals surface area contributed by atoms with Crippen molar-refractivity contribution in [3.8, 4) is 5.75 Å². The van der Waals surface area contributed by atoms with Crippen molar-refractivity contribution in [1.29, 1.82) is 0 Å². The molecular formula is C36H39F2N3O5S. The Bertz CT molecular complexity index is 1740. The molecule has 0 bridgehead atoms. The number of hydrogen-bond acceptors (Lipinski definition) is 5. The molecule has 47 heavy (non-hydrogen) atoms. The van der Waals surface area contributed by atoms with Gasteiger partial charge in [-0.15, -0.1) is 0 Å². The van der Waals surface area contributed by atoms with Gasteiger partial charge in [-0.05, 0) is 99.5 Å². The minimum atomic E-state index is -4.38. The quantitative estimate of drug-likeness (QED) is 0.186. The van der Waals surface area contributed by atoms with E-state index < -0.39 is 51.6 Å². The highest BCUT2D eigenvalue weighted by atomic mass is 32.2. The van der Waals surface area contributed by atoms with E-state index in [1.165, 1.54) is 65.6 Å². The van der Waals surface area contributed by atoms with Crippen LogP contribution >= 0.6 is 0 Å². The van der Waals surface area contributed by atoms with E-state index in [-0.39, 0.29) is 23.5 Å². The highest BCUT2D eigenvalue weighted by Crippen LogP contribution is 2.27. The van der Waals surface area contributed by atoms with Crippen LogP contribution < -0.4 is 14.4 Å². The van der Waals surface area contributed by atoms with Crippen molar-refractivity contribution >= 4 is 27.5 Å². The van der Waals surface area contributed by atoms with Crippen LogP contribution in [0, 0.1) is 11.6 Å². The summed E-state index contributed by atoms with van der Waals surface area (Å²) in [6.07, 6.45) is 0.123. The summed E-state index contributed by atoms with van der Waals surface area (Å²) in [5.41, 5.74) is 0.711. The number of hydrogen-bond donors (Lipinski definition) is 1. The molecule has 0 aliphatic heterocycles. The van der Waals surface area contributed by atoms with Crippen LogP contribution in [0.15, 0.2) is 108 Å². The van der Waals surface area contributed by atoms with Gasteiger partial charge in [0.15, 0.2) is 0 Å². The van der Waals surface area contributed by atoms with Crippen molar-refractivity contribution in [1.82, 2.24) is 10.2 Å². The predicted octanol–water partition coefficient (Wildman–Crippen LogP) is 6.11. The van der Waals surface area contributed by atoms with Crippen LogP contribution in [-0.4, -0.2) is 49.9 Å². The maximum atomic E-state index is 14.5. The van der Waals surface area contributed by atoms with Crippen LogP contribution in [0.5, 0.6) is 5.75 Å². The molecule has 0 aliphatic carbocycles. The van der Waals surface area contributed by atoms with Crippen molar-refractivity contribution in [3.63, 3.8) is 0 Å². The highest BCUT2D eigenvalue weighted by Gasteiger charge is 2.35. The van der Waals surface area contributed by atoms with E-state index in [1.54, 1.807) is 6.92 Å². The lowest BCUT2D eigenvalue weighted by atomic mass is 10.0. The van der Waals surface area contributed by atoms with Gasteiger partial charge in [0.1, 0.15) is 30.0 Å². The number of rotatable bonds is 13. The monoisotopic (exact) mass is 663 g/mol. The van der Waals surface area contributed by atoms with Crippen molar-refractivity contribution in [2.24, 2.45) is 0 Å². The van der Waals surface area contributed by atoms with Crippen molar-refractivity contribution in [3.05, 3.63) is 126 Å². The van der Waals surface area contributed by atoms with Gasteiger partial charge in [0.25, 0.3) is 10.0 Å². The minimum absolute atomic E-state index is 0.0501. The molecule has 0 spiro atoms. The van der Waals surface area contributed by atoms with Crippen LogP contribution in [0.4, 0.5) is 14.5 Å². The number of halogens is 2. The molecule has 0 aromatic heterocycles. The average Bonchev–Trinajstić information content (AvgIpc) is 3.03. The number of carbonyl (C=O) groups is 2. The topological polar surface area (TPSA) is 96.0 Å². The third-order valence-electron chi connectivity index (χ3n) is 7.15. The highest BCUT2D eigenvalue weighted by molar-refractivity contribution is 7.92. The smallest absolute Gasteiger partial charge is 0.264 e. The molecule has 0 fully saturated rings. The molecule has 248 valence electrons. The summed E-state index contributed by atoms with van der Waals surface area (Å²) >= 11 is 0. The third kappa shape index (κ3) is 9.62. The Balaban J connectivity index is 1.80. The molecule has 4 aromatic carbocycles. The largest absolute Gasteiger partial charge is 0.494 e. The molecule has 0 unspecified atom stereocenters. The van der Waals surface area contributed by atoms with Crippen LogP contribution in [0.25, 0.3) is 0 Å². The van der Waals surface area contributed by atoms with Crippen molar-refractivity contribution < 1.29 is 31.5 Å². The normalized spacial score (nSPS) is 12.2. The minimum Gasteiger partial charge on any atom is -0.494 e. The van der Waals surface area contributed by atoms with E-state index in [9.17, 15) is 26.8 Å². The lowest BCUT2D eigenvalue weighted by molar-refractivity contribution is -0.140. The van der Waals surface area contributed by atoms with Crippen LogP contribution in [0.3, 0.4) is 0 Å². The molecule has 1 atom stereocenters. The fourth-order valence-corrected chi connectivity index (χ4v) is 6.35. The molecule has 0 heterocycles. The molecule has 1 N–H and O–H groups in total.